The van der Waals surface area contributed by atoms with Gasteiger partial charge in [0.1, 0.15) is 11.9 Å². The summed E-state index contributed by atoms with van der Waals surface area (Å²) < 4.78 is 5.70. The van der Waals surface area contributed by atoms with Crippen molar-refractivity contribution < 1.29 is 14.3 Å². The van der Waals surface area contributed by atoms with Gasteiger partial charge in [-0.05, 0) is 12.1 Å². The second kappa shape index (κ2) is 7.05. The summed E-state index contributed by atoms with van der Waals surface area (Å²) in [4.78, 5) is 29.8. The van der Waals surface area contributed by atoms with Crippen LogP contribution in [0.3, 0.4) is 0 Å². The van der Waals surface area contributed by atoms with E-state index in [0.29, 0.717) is 24.4 Å². The number of pyridine rings is 1. The molecule has 0 N–H and O–H groups in total. The molecule has 23 heavy (non-hydrogen) atoms. The first-order chi connectivity index (χ1) is 11.2. The summed E-state index contributed by atoms with van der Waals surface area (Å²) in [5.41, 5.74) is 0.654. The number of Topliss-reactive ketones (excluding diaryl/α,β-unsaturated/α-hetero) is 1. The number of likely N-dealkylation sites (tertiary alicyclic amines) is 1. The van der Waals surface area contributed by atoms with Crippen molar-refractivity contribution in [2.24, 2.45) is 0 Å². The number of aromatic nitrogens is 1. The SMILES string of the molecule is O=C(CCC(=O)N1CC(Oc2cccnc2)C1)c1ccccc1. The predicted molar refractivity (Wildman–Crippen MR) is 85.2 cm³/mol. The Morgan fingerprint density at radius 2 is 1.87 bits per heavy atom. The van der Waals surface area contributed by atoms with Gasteiger partial charge in [-0.3, -0.25) is 14.6 Å². The van der Waals surface area contributed by atoms with E-state index in [0.717, 1.165) is 0 Å². The first-order valence-corrected chi connectivity index (χ1v) is 7.65. The van der Waals surface area contributed by atoms with Crippen molar-refractivity contribution >= 4 is 11.7 Å². The number of amides is 1. The molecule has 1 aliphatic heterocycles. The average Bonchev–Trinajstić information content (AvgIpc) is 2.57. The van der Waals surface area contributed by atoms with Gasteiger partial charge in [-0.2, -0.15) is 0 Å². The molecule has 0 bridgehead atoms. The molecule has 1 aromatic heterocycles. The lowest BCUT2D eigenvalue weighted by Crippen LogP contribution is -2.56. The molecule has 2 aromatic rings. The Labute approximate surface area is 134 Å². The van der Waals surface area contributed by atoms with Crippen LogP contribution in [0.2, 0.25) is 0 Å². The summed E-state index contributed by atoms with van der Waals surface area (Å²) in [5.74, 6) is 0.715. The highest BCUT2D eigenvalue weighted by atomic mass is 16.5. The molecule has 1 fully saturated rings. The molecule has 0 radical (unpaired) electrons. The van der Waals surface area contributed by atoms with Gasteiger partial charge in [0.2, 0.25) is 5.91 Å². The van der Waals surface area contributed by atoms with Crippen LogP contribution in [-0.4, -0.2) is 40.8 Å². The summed E-state index contributed by atoms with van der Waals surface area (Å²) in [6.07, 6.45) is 3.84. The molecule has 0 spiro atoms. The standard InChI is InChI=1S/C18H18N2O3/c21-17(14-5-2-1-3-6-14)8-9-18(22)20-12-16(13-20)23-15-7-4-10-19-11-15/h1-7,10-11,16H,8-9,12-13H2. The molecule has 3 rings (SSSR count). The number of rotatable bonds is 6. The Balaban J connectivity index is 1.40. The van der Waals surface area contributed by atoms with Crippen LogP contribution in [0.15, 0.2) is 54.9 Å². The molecular weight excluding hydrogens is 292 g/mol. The highest BCUT2D eigenvalue weighted by molar-refractivity contribution is 5.97. The Kier molecular flexibility index (Phi) is 4.66. The van der Waals surface area contributed by atoms with Gasteiger partial charge >= 0.3 is 0 Å². The predicted octanol–water partition coefficient (Wildman–Crippen LogP) is 2.33. The lowest BCUT2D eigenvalue weighted by atomic mass is 10.0. The molecule has 1 aromatic carbocycles. The number of ether oxygens (including phenoxy) is 1. The molecular formula is C18H18N2O3. The van der Waals surface area contributed by atoms with E-state index in [1.54, 1.807) is 29.4 Å². The van der Waals surface area contributed by atoms with Gasteiger partial charge in [-0.1, -0.05) is 30.3 Å². The van der Waals surface area contributed by atoms with E-state index in [-0.39, 0.29) is 30.6 Å². The lowest BCUT2D eigenvalue weighted by Gasteiger charge is -2.39. The molecule has 2 heterocycles. The molecule has 0 saturated carbocycles. The molecule has 1 saturated heterocycles. The number of nitrogens with zero attached hydrogens (tertiary/aromatic N) is 2. The maximum absolute atomic E-state index is 12.1. The first kappa shape index (κ1) is 15.2. The van der Waals surface area contributed by atoms with E-state index in [1.807, 2.05) is 30.3 Å². The molecule has 0 aliphatic carbocycles. The summed E-state index contributed by atoms with van der Waals surface area (Å²) in [6, 6.07) is 12.7. The third kappa shape index (κ3) is 3.94. The minimum absolute atomic E-state index is 0.000294. The van der Waals surface area contributed by atoms with E-state index in [1.165, 1.54) is 0 Å². The Hall–Kier alpha value is -2.69. The number of hydrogen-bond acceptors (Lipinski definition) is 4. The third-order valence-electron chi connectivity index (χ3n) is 3.80. The minimum Gasteiger partial charge on any atom is -0.485 e. The molecule has 0 atom stereocenters. The van der Waals surface area contributed by atoms with E-state index in [2.05, 4.69) is 4.98 Å². The normalized spacial score (nSPS) is 14.2. The highest BCUT2D eigenvalue weighted by Gasteiger charge is 2.32. The van der Waals surface area contributed by atoms with Gasteiger partial charge in [0.15, 0.2) is 5.78 Å². The monoisotopic (exact) mass is 310 g/mol. The summed E-state index contributed by atoms with van der Waals surface area (Å²) in [7, 11) is 0. The summed E-state index contributed by atoms with van der Waals surface area (Å²) in [6.45, 7) is 1.13. The smallest absolute Gasteiger partial charge is 0.223 e. The molecule has 1 amide bonds. The minimum atomic E-state index is 0.000294. The number of ketones is 1. The zero-order valence-electron chi connectivity index (χ0n) is 12.7. The molecule has 0 unspecified atom stereocenters. The molecule has 5 heteroatoms. The number of hydrogen-bond donors (Lipinski definition) is 0. The van der Waals surface area contributed by atoms with Crippen molar-refractivity contribution in [2.75, 3.05) is 13.1 Å². The van der Waals surface area contributed by atoms with Crippen molar-refractivity contribution in [2.45, 2.75) is 18.9 Å². The van der Waals surface area contributed by atoms with Gasteiger partial charge in [-0.25, -0.2) is 0 Å². The van der Waals surface area contributed by atoms with E-state index < -0.39 is 0 Å². The summed E-state index contributed by atoms with van der Waals surface area (Å²) in [5, 5.41) is 0. The van der Waals surface area contributed by atoms with Gasteiger partial charge in [0, 0.05) is 24.6 Å². The van der Waals surface area contributed by atoms with Crippen LogP contribution in [-0.2, 0) is 4.79 Å². The number of benzene rings is 1. The van der Waals surface area contributed by atoms with Gasteiger partial charge in [0.25, 0.3) is 0 Å². The fourth-order valence-corrected chi connectivity index (χ4v) is 2.47. The topological polar surface area (TPSA) is 59.5 Å². The van der Waals surface area contributed by atoms with Crippen molar-refractivity contribution in [3.05, 3.63) is 60.4 Å². The van der Waals surface area contributed by atoms with E-state index in [9.17, 15) is 9.59 Å². The summed E-state index contributed by atoms with van der Waals surface area (Å²) >= 11 is 0. The zero-order valence-corrected chi connectivity index (χ0v) is 12.7. The van der Waals surface area contributed by atoms with Gasteiger partial charge in [0.05, 0.1) is 19.3 Å². The van der Waals surface area contributed by atoms with Crippen LogP contribution in [0.25, 0.3) is 0 Å². The van der Waals surface area contributed by atoms with Crippen LogP contribution in [0, 0.1) is 0 Å². The van der Waals surface area contributed by atoms with Gasteiger partial charge < -0.3 is 9.64 Å². The van der Waals surface area contributed by atoms with Crippen LogP contribution < -0.4 is 4.74 Å². The number of carbonyl (C=O) groups excluding carboxylic acids is 2. The van der Waals surface area contributed by atoms with Crippen LogP contribution >= 0.6 is 0 Å². The van der Waals surface area contributed by atoms with Crippen molar-refractivity contribution in [3.8, 4) is 5.75 Å². The van der Waals surface area contributed by atoms with Crippen LogP contribution in [0.4, 0.5) is 0 Å². The van der Waals surface area contributed by atoms with Crippen molar-refractivity contribution in [1.29, 1.82) is 0 Å². The lowest BCUT2D eigenvalue weighted by molar-refractivity contribution is -0.139. The molecule has 118 valence electrons. The van der Waals surface area contributed by atoms with Crippen molar-refractivity contribution in [1.82, 2.24) is 9.88 Å². The second-order valence-electron chi connectivity index (χ2n) is 5.52. The zero-order chi connectivity index (χ0) is 16.1. The maximum Gasteiger partial charge on any atom is 0.223 e. The fraction of sp³-hybridized carbons (Fsp3) is 0.278. The average molecular weight is 310 g/mol. The highest BCUT2D eigenvalue weighted by Crippen LogP contribution is 2.18. The van der Waals surface area contributed by atoms with E-state index in [4.69, 9.17) is 4.74 Å². The molecule has 5 nitrogen and oxygen atoms in total. The van der Waals surface area contributed by atoms with Crippen molar-refractivity contribution in [3.63, 3.8) is 0 Å². The molecule has 1 aliphatic rings. The Morgan fingerprint density at radius 1 is 1.09 bits per heavy atom. The van der Waals surface area contributed by atoms with Crippen LogP contribution in [0.5, 0.6) is 5.75 Å². The largest absolute Gasteiger partial charge is 0.485 e. The number of carbonyl (C=O) groups is 2. The Bertz CT molecular complexity index is 667. The van der Waals surface area contributed by atoms with E-state index >= 15 is 0 Å². The van der Waals surface area contributed by atoms with Gasteiger partial charge in [-0.15, -0.1) is 0 Å². The fourth-order valence-electron chi connectivity index (χ4n) is 2.47. The quantitative estimate of drug-likeness (QED) is 0.768. The third-order valence-corrected chi connectivity index (χ3v) is 3.80. The van der Waals surface area contributed by atoms with Crippen LogP contribution in [0.1, 0.15) is 23.2 Å². The first-order valence-electron chi connectivity index (χ1n) is 7.65. The Morgan fingerprint density at radius 3 is 2.57 bits per heavy atom. The second-order valence-corrected chi connectivity index (χ2v) is 5.52. The maximum atomic E-state index is 12.1.